The average molecular weight is 488 g/mol. The van der Waals surface area contributed by atoms with Gasteiger partial charge in [-0.15, -0.1) is 0 Å². The lowest BCUT2D eigenvalue weighted by Crippen LogP contribution is -2.37. The van der Waals surface area contributed by atoms with Gasteiger partial charge in [-0.2, -0.15) is 8.42 Å². The maximum Gasteiger partial charge on any atom is 0.276 e. The van der Waals surface area contributed by atoms with Crippen LogP contribution < -0.4 is 14.2 Å². The Balaban J connectivity index is 1.77. The lowest BCUT2D eigenvalue weighted by Gasteiger charge is -2.32. The zero-order chi connectivity index (χ0) is 23.8. The molecule has 1 aromatic carbocycles. The van der Waals surface area contributed by atoms with E-state index in [9.17, 15) is 16.8 Å². The molecule has 0 heterocycles. The van der Waals surface area contributed by atoms with Gasteiger partial charge in [-0.25, -0.2) is 22.6 Å². The highest BCUT2D eigenvalue weighted by atomic mass is 32.2. The molecule has 0 spiro atoms. The van der Waals surface area contributed by atoms with E-state index in [1.807, 2.05) is 6.92 Å². The fourth-order valence-corrected chi connectivity index (χ4v) is 5.95. The number of sulfonamides is 1. The summed E-state index contributed by atoms with van der Waals surface area (Å²) in [4.78, 5) is 0. The molecular formula is C23H41N3O4S2. The number of nitrogens with one attached hydrogen (secondary N) is 3. The lowest BCUT2D eigenvalue weighted by molar-refractivity contribution is 0.246. The van der Waals surface area contributed by atoms with Gasteiger partial charge < -0.3 is 0 Å². The molecule has 7 nitrogen and oxygen atoms in total. The maximum absolute atomic E-state index is 12.0. The first-order chi connectivity index (χ1) is 15.0. The molecule has 3 N–H and O–H groups in total. The van der Waals surface area contributed by atoms with Crippen LogP contribution >= 0.6 is 0 Å². The second-order valence-corrected chi connectivity index (χ2v) is 13.2. The first-order valence-corrected chi connectivity index (χ1v) is 14.9. The van der Waals surface area contributed by atoms with Crippen LogP contribution in [0.5, 0.6) is 0 Å². The zero-order valence-electron chi connectivity index (χ0n) is 19.9. The Hall–Kier alpha value is -1.00. The van der Waals surface area contributed by atoms with Gasteiger partial charge in [-0.3, -0.25) is 0 Å². The third-order valence-corrected chi connectivity index (χ3v) is 9.48. The second-order valence-electron chi connectivity index (χ2n) is 9.31. The molecule has 184 valence electrons. The molecule has 0 saturated heterocycles. The van der Waals surface area contributed by atoms with Crippen LogP contribution in [-0.4, -0.2) is 41.7 Å². The SMILES string of the molecule is CCCNS(=O)(=O)NCCc1ccc(C2CCC(C(C)CNS(=O)(=O)C(C)C)CC2)cc1. The molecule has 1 aromatic rings. The van der Waals surface area contributed by atoms with Gasteiger partial charge in [0.25, 0.3) is 10.2 Å². The van der Waals surface area contributed by atoms with Crippen LogP contribution in [0.2, 0.25) is 0 Å². The van der Waals surface area contributed by atoms with Crippen LogP contribution in [0.1, 0.15) is 76.8 Å². The van der Waals surface area contributed by atoms with Gasteiger partial charge in [-0.1, -0.05) is 38.1 Å². The molecule has 1 unspecified atom stereocenters. The van der Waals surface area contributed by atoms with Crippen molar-refractivity contribution in [2.45, 2.75) is 77.4 Å². The number of hydrogen-bond acceptors (Lipinski definition) is 4. The Morgan fingerprint density at radius 2 is 1.47 bits per heavy atom. The van der Waals surface area contributed by atoms with Crippen molar-refractivity contribution in [1.29, 1.82) is 0 Å². The Morgan fingerprint density at radius 3 is 2.03 bits per heavy atom. The number of rotatable bonds is 13. The van der Waals surface area contributed by atoms with Gasteiger partial charge in [0.15, 0.2) is 0 Å². The van der Waals surface area contributed by atoms with Crippen molar-refractivity contribution in [1.82, 2.24) is 14.2 Å². The standard InChI is InChI=1S/C23H41N3O4S2/c1-5-15-24-32(29,30)25-16-14-20-6-8-22(9-7-20)23-12-10-21(11-13-23)19(4)17-26-31(27,28)18(2)3/h6-9,18-19,21,23-26H,5,10-17H2,1-4H3. The number of hydrogen-bond donors (Lipinski definition) is 3. The molecule has 0 amide bonds. The van der Waals surface area contributed by atoms with E-state index in [0.717, 1.165) is 37.7 Å². The highest BCUT2D eigenvalue weighted by Gasteiger charge is 2.27. The Labute approximate surface area is 195 Å². The van der Waals surface area contributed by atoms with E-state index in [0.29, 0.717) is 43.8 Å². The third kappa shape index (κ3) is 8.74. The summed E-state index contributed by atoms with van der Waals surface area (Å²) in [5.74, 6) is 1.42. The van der Waals surface area contributed by atoms with Crippen molar-refractivity contribution in [3.63, 3.8) is 0 Å². The monoisotopic (exact) mass is 487 g/mol. The minimum Gasteiger partial charge on any atom is -0.215 e. The van der Waals surface area contributed by atoms with Gasteiger partial charge in [0.2, 0.25) is 10.0 Å². The molecule has 2 rings (SSSR count). The predicted octanol–water partition coefficient (Wildman–Crippen LogP) is 3.30. The normalized spacial score (nSPS) is 21.0. The highest BCUT2D eigenvalue weighted by Crippen LogP contribution is 2.38. The molecule has 9 heteroatoms. The van der Waals surface area contributed by atoms with E-state index in [-0.39, 0.29) is 0 Å². The van der Waals surface area contributed by atoms with Gasteiger partial charge in [-0.05, 0) is 81.3 Å². The van der Waals surface area contributed by atoms with Gasteiger partial charge in [0, 0.05) is 19.6 Å². The maximum atomic E-state index is 12.0. The van der Waals surface area contributed by atoms with E-state index in [1.165, 1.54) is 5.56 Å². The van der Waals surface area contributed by atoms with Crippen LogP contribution in [0.25, 0.3) is 0 Å². The quantitative estimate of drug-likeness (QED) is 0.397. The third-order valence-electron chi connectivity index (χ3n) is 6.50. The minimum absolute atomic E-state index is 0.336. The van der Waals surface area contributed by atoms with E-state index in [1.54, 1.807) is 13.8 Å². The van der Waals surface area contributed by atoms with Crippen LogP contribution in [-0.2, 0) is 26.7 Å². The van der Waals surface area contributed by atoms with Crippen molar-refractivity contribution in [2.24, 2.45) is 11.8 Å². The van der Waals surface area contributed by atoms with E-state index in [2.05, 4.69) is 45.4 Å². The smallest absolute Gasteiger partial charge is 0.215 e. The number of benzene rings is 1. The van der Waals surface area contributed by atoms with Gasteiger partial charge >= 0.3 is 0 Å². The molecular weight excluding hydrogens is 446 g/mol. The zero-order valence-corrected chi connectivity index (χ0v) is 21.6. The summed E-state index contributed by atoms with van der Waals surface area (Å²) < 4.78 is 55.4. The Morgan fingerprint density at radius 1 is 0.875 bits per heavy atom. The molecule has 1 aliphatic rings. The van der Waals surface area contributed by atoms with Crippen molar-refractivity contribution in [2.75, 3.05) is 19.6 Å². The largest absolute Gasteiger partial charge is 0.276 e. The first-order valence-electron chi connectivity index (χ1n) is 11.9. The van der Waals surface area contributed by atoms with Crippen molar-refractivity contribution >= 4 is 20.2 Å². The molecule has 32 heavy (non-hydrogen) atoms. The molecule has 0 bridgehead atoms. The molecule has 0 radical (unpaired) electrons. The van der Waals surface area contributed by atoms with E-state index in [4.69, 9.17) is 0 Å². The van der Waals surface area contributed by atoms with Crippen molar-refractivity contribution in [3.05, 3.63) is 35.4 Å². The molecule has 1 saturated carbocycles. The lowest BCUT2D eigenvalue weighted by atomic mass is 9.74. The second kappa shape index (κ2) is 12.5. The summed E-state index contributed by atoms with van der Waals surface area (Å²) in [6.07, 6.45) is 5.89. The summed E-state index contributed by atoms with van der Waals surface area (Å²) in [6.45, 7) is 8.81. The van der Waals surface area contributed by atoms with E-state index < -0.39 is 25.5 Å². The topological polar surface area (TPSA) is 104 Å². The minimum atomic E-state index is -3.41. The van der Waals surface area contributed by atoms with Crippen LogP contribution in [0.3, 0.4) is 0 Å². The first kappa shape index (κ1) is 27.2. The summed E-state index contributed by atoms with van der Waals surface area (Å²) >= 11 is 0. The van der Waals surface area contributed by atoms with Crippen molar-refractivity contribution in [3.8, 4) is 0 Å². The molecule has 1 fully saturated rings. The summed E-state index contributed by atoms with van der Waals surface area (Å²) in [5.41, 5.74) is 2.46. The van der Waals surface area contributed by atoms with Crippen LogP contribution in [0.4, 0.5) is 0 Å². The van der Waals surface area contributed by atoms with Crippen molar-refractivity contribution < 1.29 is 16.8 Å². The van der Waals surface area contributed by atoms with Crippen LogP contribution in [0, 0.1) is 11.8 Å². The van der Waals surface area contributed by atoms with Gasteiger partial charge in [0.05, 0.1) is 5.25 Å². The summed E-state index contributed by atoms with van der Waals surface area (Å²) in [6, 6.07) is 8.53. The molecule has 1 aliphatic carbocycles. The summed E-state index contributed by atoms with van der Waals surface area (Å²) in [7, 11) is -6.61. The van der Waals surface area contributed by atoms with E-state index >= 15 is 0 Å². The average Bonchev–Trinajstić information content (AvgIpc) is 2.76. The summed E-state index contributed by atoms with van der Waals surface area (Å²) in [5, 5.41) is -0.397. The Bertz CT molecular complexity index is 892. The molecule has 0 aliphatic heterocycles. The fraction of sp³-hybridized carbons (Fsp3) is 0.739. The Kier molecular flexibility index (Phi) is 10.6. The predicted molar refractivity (Wildman–Crippen MR) is 131 cm³/mol. The molecule has 1 atom stereocenters. The fourth-order valence-electron chi connectivity index (χ4n) is 4.18. The van der Waals surface area contributed by atoms with Gasteiger partial charge in [0.1, 0.15) is 0 Å². The molecule has 0 aromatic heterocycles. The highest BCUT2D eigenvalue weighted by molar-refractivity contribution is 7.90. The van der Waals surface area contributed by atoms with Crippen LogP contribution in [0.15, 0.2) is 24.3 Å².